The minimum Gasteiger partial charge on any atom is -0.317 e. The SMILES string of the molecule is CC1=CC=C(N(C2=CCC(C)C=C2)C2=C3C=CC(C)CC3=C(N(c3ccc(C)cc3)c3ccc(C)cc3)C3=CC=CCC32)CC1C. The highest BCUT2D eigenvalue weighted by Crippen LogP contribution is 2.52. The molecule has 0 aliphatic heterocycles. The molecule has 0 heterocycles. The number of hydrogen-bond acceptors (Lipinski definition) is 2. The highest BCUT2D eigenvalue weighted by Gasteiger charge is 2.41. The summed E-state index contributed by atoms with van der Waals surface area (Å²) in [6.45, 7) is 13.7. The van der Waals surface area contributed by atoms with Gasteiger partial charge in [0.2, 0.25) is 0 Å². The highest BCUT2D eigenvalue weighted by molar-refractivity contribution is 5.77. The third-order valence-electron chi connectivity index (χ3n) is 10.5. The van der Waals surface area contributed by atoms with Crippen LogP contribution in [0, 0.1) is 37.5 Å². The first kappa shape index (κ1) is 30.4. The molecule has 0 fully saturated rings. The van der Waals surface area contributed by atoms with Crippen molar-refractivity contribution >= 4 is 11.4 Å². The van der Waals surface area contributed by atoms with Crippen LogP contribution in [0.5, 0.6) is 0 Å². The van der Waals surface area contributed by atoms with Gasteiger partial charge in [-0.05, 0) is 117 Å². The maximum Gasteiger partial charge on any atom is 0.0539 e. The summed E-state index contributed by atoms with van der Waals surface area (Å²) in [5, 5.41) is 0. The second-order valence-corrected chi connectivity index (χ2v) is 14.2. The van der Waals surface area contributed by atoms with Crippen LogP contribution in [-0.4, -0.2) is 4.90 Å². The van der Waals surface area contributed by atoms with Gasteiger partial charge in [0.15, 0.2) is 0 Å². The largest absolute Gasteiger partial charge is 0.317 e. The molecule has 2 aromatic carbocycles. The van der Waals surface area contributed by atoms with E-state index in [1.54, 1.807) is 0 Å². The van der Waals surface area contributed by atoms with Gasteiger partial charge in [-0.25, -0.2) is 0 Å². The van der Waals surface area contributed by atoms with Crippen molar-refractivity contribution in [2.24, 2.45) is 23.7 Å². The van der Waals surface area contributed by atoms with Crippen LogP contribution in [0.2, 0.25) is 0 Å². The maximum atomic E-state index is 2.67. The second-order valence-electron chi connectivity index (χ2n) is 14.2. The molecule has 0 saturated carbocycles. The van der Waals surface area contributed by atoms with E-state index in [0.717, 1.165) is 25.7 Å². The summed E-state index contributed by atoms with van der Waals surface area (Å²) in [5.41, 5.74) is 16.3. The molecule has 0 saturated heterocycles. The molecular formula is C44H48N2. The van der Waals surface area contributed by atoms with Crippen LogP contribution in [0.1, 0.15) is 64.5 Å². The van der Waals surface area contributed by atoms with Crippen molar-refractivity contribution in [3.63, 3.8) is 0 Å². The van der Waals surface area contributed by atoms with Crippen molar-refractivity contribution in [3.8, 4) is 0 Å². The Bertz CT molecular complexity index is 1750. The number of anilines is 2. The Labute approximate surface area is 276 Å². The molecule has 4 atom stereocenters. The number of benzene rings is 2. The number of rotatable bonds is 6. The average Bonchev–Trinajstić information content (AvgIpc) is 3.06. The van der Waals surface area contributed by atoms with Crippen LogP contribution < -0.4 is 4.90 Å². The molecule has 46 heavy (non-hydrogen) atoms. The summed E-state index contributed by atoms with van der Waals surface area (Å²) in [7, 11) is 0. The fraction of sp³-hybridized carbons (Fsp3) is 0.318. The lowest BCUT2D eigenvalue weighted by Gasteiger charge is -2.46. The molecule has 0 aromatic heterocycles. The van der Waals surface area contributed by atoms with Crippen LogP contribution in [0.15, 0.2) is 154 Å². The zero-order chi connectivity index (χ0) is 31.9. The Morgan fingerprint density at radius 1 is 0.674 bits per heavy atom. The van der Waals surface area contributed by atoms with Crippen molar-refractivity contribution in [1.29, 1.82) is 0 Å². The fourth-order valence-corrected chi connectivity index (χ4v) is 7.60. The zero-order valence-corrected chi connectivity index (χ0v) is 28.4. The molecule has 7 rings (SSSR count). The number of nitrogens with zero attached hydrogens (tertiary/aromatic N) is 2. The number of hydrogen-bond donors (Lipinski definition) is 0. The fourth-order valence-electron chi connectivity index (χ4n) is 7.60. The third-order valence-corrected chi connectivity index (χ3v) is 10.5. The van der Waals surface area contributed by atoms with Gasteiger partial charge >= 0.3 is 0 Å². The van der Waals surface area contributed by atoms with Gasteiger partial charge in [0, 0.05) is 34.4 Å². The van der Waals surface area contributed by atoms with Gasteiger partial charge in [-0.1, -0.05) is 110 Å². The van der Waals surface area contributed by atoms with E-state index < -0.39 is 0 Å². The van der Waals surface area contributed by atoms with Crippen molar-refractivity contribution in [2.75, 3.05) is 4.90 Å². The van der Waals surface area contributed by atoms with Crippen LogP contribution >= 0.6 is 0 Å². The molecule has 2 nitrogen and oxygen atoms in total. The summed E-state index contributed by atoms with van der Waals surface area (Å²) in [5.74, 6) is 1.80. The molecule has 5 aliphatic carbocycles. The lowest BCUT2D eigenvalue weighted by atomic mass is 9.72. The predicted octanol–water partition coefficient (Wildman–Crippen LogP) is 11.7. The first-order chi connectivity index (χ1) is 22.3. The van der Waals surface area contributed by atoms with Gasteiger partial charge < -0.3 is 9.80 Å². The van der Waals surface area contributed by atoms with Gasteiger partial charge in [-0.3, -0.25) is 0 Å². The van der Waals surface area contributed by atoms with E-state index in [1.165, 1.54) is 67.6 Å². The van der Waals surface area contributed by atoms with Crippen molar-refractivity contribution in [3.05, 3.63) is 165 Å². The summed E-state index contributed by atoms with van der Waals surface area (Å²) in [4.78, 5) is 5.22. The van der Waals surface area contributed by atoms with Crippen LogP contribution in [0.3, 0.4) is 0 Å². The number of aryl methyl sites for hydroxylation is 2. The van der Waals surface area contributed by atoms with E-state index in [0.29, 0.717) is 17.8 Å². The van der Waals surface area contributed by atoms with E-state index in [1.807, 2.05) is 0 Å². The molecule has 0 spiro atoms. The summed E-state index contributed by atoms with van der Waals surface area (Å²) in [6.07, 6.45) is 28.1. The molecule has 4 unspecified atom stereocenters. The van der Waals surface area contributed by atoms with Gasteiger partial charge in [-0.2, -0.15) is 0 Å². The minimum absolute atomic E-state index is 0.243. The molecule has 234 valence electrons. The van der Waals surface area contributed by atoms with Gasteiger partial charge in [-0.15, -0.1) is 0 Å². The van der Waals surface area contributed by atoms with Crippen LogP contribution in [-0.2, 0) is 0 Å². The molecular weight excluding hydrogens is 556 g/mol. The third kappa shape index (κ3) is 5.64. The minimum atomic E-state index is 0.243. The van der Waals surface area contributed by atoms with Crippen LogP contribution in [0.4, 0.5) is 11.4 Å². The van der Waals surface area contributed by atoms with E-state index in [-0.39, 0.29) is 5.92 Å². The Morgan fingerprint density at radius 3 is 1.98 bits per heavy atom. The molecule has 2 heteroatoms. The normalized spacial score (nSPS) is 25.3. The Kier molecular flexibility index (Phi) is 8.24. The number of fused-ring (bicyclic) bond motifs is 2. The standard InChI is InChI=1S/C44H48N2/c1-29-11-19-35(20-12-29)45(36-21-13-30(2)14-22-36)44-40-10-8-7-9-39(40)43(41-26-17-32(4)27-42(41)44)46(37-23-15-31(3)16-24-37)38-25-18-33(5)34(6)28-38/h7-8,10-15,17-26,31-32,34,39H,9,16,27-28H2,1-6H3. The Balaban J connectivity index is 1.52. The lowest BCUT2D eigenvalue weighted by Crippen LogP contribution is -2.36. The van der Waals surface area contributed by atoms with E-state index in [9.17, 15) is 0 Å². The zero-order valence-electron chi connectivity index (χ0n) is 28.4. The summed E-state index contributed by atoms with van der Waals surface area (Å²) < 4.78 is 0. The van der Waals surface area contributed by atoms with Crippen LogP contribution in [0.25, 0.3) is 0 Å². The van der Waals surface area contributed by atoms with Gasteiger partial charge in [0.05, 0.1) is 5.70 Å². The summed E-state index contributed by atoms with van der Waals surface area (Å²) >= 11 is 0. The van der Waals surface area contributed by atoms with Crippen molar-refractivity contribution in [1.82, 2.24) is 4.90 Å². The highest BCUT2D eigenvalue weighted by atomic mass is 15.2. The molecule has 0 radical (unpaired) electrons. The Morgan fingerprint density at radius 2 is 1.35 bits per heavy atom. The molecule has 2 aromatic rings. The first-order valence-electron chi connectivity index (χ1n) is 17.3. The smallest absolute Gasteiger partial charge is 0.0539 e. The monoisotopic (exact) mass is 604 g/mol. The first-order valence-corrected chi connectivity index (χ1v) is 17.3. The van der Waals surface area contributed by atoms with Crippen molar-refractivity contribution < 1.29 is 0 Å². The Hall–Kier alpha value is -4.30. The predicted molar refractivity (Wildman–Crippen MR) is 195 cm³/mol. The molecule has 5 aliphatic rings. The molecule has 0 amide bonds. The van der Waals surface area contributed by atoms with Gasteiger partial charge in [0.1, 0.15) is 0 Å². The molecule has 0 bridgehead atoms. The maximum absolute atomic E-state index is 2.67. The van der Waals surface area contributed by atoms with E-state index in [4.69, 9.17) is 0 Å². The molecule has 0 N–H and O–H groups in total. The van der Waals surface area contributed by atoms with Crippen molar-refractivity contribution in [2.45, 2.75) is 67.2 Å². The topological polar surface area (TPSA) is 6.48 Å². The second kappa shape index (κ2) is 12.5. The van der Waals surface area contributed by atoms with E-state index >= 15 is 0 Å². The average molecular weight is 605 g/mol. The lowest BCUT2D eigenvalue weighted by molar-refractivity contribution is 0.416. The van der Waals surface area contributed by atoms with Gasteiger partial charge in [0.25, 0.3) is 0 Å². The van der Waals surface area contributed by atoms with E-state index in [2.05, 4.69) is 161 Å². The quantitative estimate of drug-likeness (QED) is 0.324. The number of allylic oxidation sites excluding steroid dienone is 16. The summed E-state index contributed by atoms with van der Waals surface area (Å²) in [6, 6.07) is 18.2.